The van der Waals surface area contributed by atoms with E-state index in [2.05, 4.69) is 13.8 Å². The van der Waals surface area contributed by atoms with Crippen molar-refractivity contribution in [2.24, 2.45) is 0 Å². The molecule has 1 atom stereocenters. The van der Waals surface area contributed by atoms with Gasteiger partial charge in [-0.25, -0.2) is 0 Å². The molecular weight excluding hydrogens is 392 g/mol. The third kappa shape index (κ3) is 4.64. The number of amides is 1. The first-order valence-electron chi connectivity index (χ1n) is 10.5. The zero-order valence-corrected chi connectivity index (χ0v) is 18.8. The molecule has 1 saturated heterocycles. The van der Waals surface area contributed by atoms with Crippen LogP contribution in [0.25, 0.3) is 5.76 Å². The minimum atomic E-state index is -0.715. The number of benzene rings is 2. The summed E-state index contributed by atoms with van der Waals surface area (Å²) in [5.41, 5.74) is 2.31. The Morgan fingerprint density at radius 3 is 2.19 bits per heavy atom. The van der Waals surface area contributed by atoms with Crippen LogP contribution in [0.3, 0.4) is 0 Å². The Balaban J connectivity index is 2.11. The summed E-state index contributed by atoms with van der Waals surface area (Å²) in [5, 5.41) is 13.4. The molecule has 0 spiro atoms. The van der Waals surface area contributed by atoms with E-state index < -0.39 is 23.5 Å². The predicted molar refractivity (Wildman–Crippen MR) is 118 cm³/mol. The minimum absolute atomic E-state index is 0.0150. The highest BCUT2D eigenvalue weighted by Gasteiger charge is 2.44. The van der Waals surface area contributed by atoms with Crippen molar-refractivity contribution in [2.75, 3.05) is 34.3 Å². The molecule has 164 valence electrons. The van der Waals surface area contributed by atoms with Crippen LogP contribution in [-0.2, 0) is 9.59 Å². The van der Waals surface area contributed by atoms with Crippen LogP contribution in [0.1, 0.15) is 42.5 Å². The van der Waals surface area contributed by atoms with Crippen molar-refractivity contribution in [3.8, 4) is 5.75 Å². The summed E-state index contributed by atoms with van der Waals surface area (Å²) in [6.07, 6.45) is 0. The molecule has 0 aliphatic carbocycles. The average molecular weight is 423 g/mol. The van der Waals surface area contributed by atoms with Gasteiger partial charge in [-0.3, -0.25) is 9.59 Å². The number of ether oxygens (including phenoxy) is 1. The molecular formula is C25H30N2O4. The second-order valence-corrected chi connectivity index (χ2v) is 8.48. The number of carbonyl (C=O) groups excluding carboxylic acids is 2. The quantitative estimate of drug-likeness (QED) is 0.413. The molecule has 0 bridgehead atoms. The van der Waals surface area contributed by atoms with E-state index >= 15 is 0 Å². The Kier molecular flexibility index (Phi) is 6.81. The molecule has 1 heterocycles. The Hall–Kier alpha value is -3.12. The molecule has 6 heteroatoms. The summed E-state index contributed by atoms with van der Waals surface area (Å²) in [5.74, 6) is -0.771. The van der Waals surface area contributed by atoms with E-state index in [1.54, 1.807) is 31.4 Å². The molecule has 2 aromatic carbocycles. The van der Waals surface area contributed by atoms with Crippen molar-refractivity contribution >= 4 is 17.4 Å². The molecule has 1 fully saturated rings. The van der Waals surface area contributed by atoms with E-state index in [4.69, 9.17) is 4.74 Å². The number of carbonyl (C=O) groups is 2. The molecule has 3 rings (SSSR count). The Morgan fingerprint density at radius 2 is 1.68 bits per heavy atom. The fourth-order valence-electron chi connectivity index (χ4n) is 3.75. The summed E-state index contributed by atoms with van der Waals surface area (Å²) in [7, 11) is 5.52. The summed E-state index contributed by atoms with van der Waals surface area (Å²) >= 11 is 0. The molecule has 1 aliphatic heterocycles. The van der Waals surface area contributed by atoms with Gasteiger partial charge >= 0.3 is 0 Å². The molecule has 1 N–H and O–H groups in total. The number of quaternary nitrogens is 1. The van der Waals surface area contributed by atoms with Gasteiger partial charge in [-0.2, -0.15) is 0 Å². The van der Waals surface area contributed by atoms with Crippen LogP contribution in [0.5, 0.6) is 5.75 Å². The highest BCUT2D eigenvalue weighted by molar-refractivity contribution is 6.46. The Morgan fingerprint density at radius 1 is 1.06 bits per heavy atom. The van der Waals surface area contributed by atoms with Crippen molar-refractivity contribution in [2.45, 2.75) is 25.8 Å². The number of nitrogens with one attached hydrogen (secondary N) is 1. The number of ketones is 1. The number of methoxy groups -OCH3 is 1. The fourth-order valence-corrected chi connectivity index (χ4v) is 3.75. The van der Waals surface area contributed by atoms with Crippen molar-refractivity contribution in [3.63, 3.8) is 0 Å². The number of Topliss-reactive ketones (excluding diaryl/α,β-unsaturated/α-hetero) is 1. The van der Waals surface area contributed by atoms with E-state index in [-0.39, 0.29) is 5.57 Å². The second-order valence-electron chi connectivity index (χ2n) is 8.48. The topological polar surface area (TPSA) is 74.1 Å². The van der Waals surface area contributed by atoms with Gasteiger partial charge in [0.25, 0.3) is 5.91 Å². The number of likely N-dealkylation sites (N-methyl/N-ethyl adjacent to an activating group) is 1. The van der Waals surface area contributed by atoms with Crippen LogP contribution in [0.15, 0.2) is 54.1 Å². The van der Waals surface area contributed by atoms with Crippen LogP contribution in [-0.4, -0.2) is 50.9 Å². The van der Waals surface area contributed by atoms with E-state index in [0.717, 1.165) is 16.0 Å². The summed E-state index contributed by atoms with van der Waals surface area (Å²) in [6.45, 7) is 5.27. The van der Waals surface area contributed by atoms with Crippen molar-refractivity contribution < 1.29 is 24.3 Å². The third-order valence-corrected chi connectivity index (χ3v) is 5.65. The lowest BCUT2D eigenvalue weighted by molar-refractivity contribution is -0.857. The number of nitrogens with zero attached hydrogens (tertiary/aromatic N) is 1. The smallest absolute Gasteiger partial charge is 0.295 e. The van der Waals surface area contributed by atoms with E-state index in [9.17, 15) is 14.7 Å². The lowest BCUT2D eigenvalue weighted by Crippen LogP contribution is -3.06. The average Bonchev–Trinajstić information content (AvgIpc) is 3.02. The van der Waals surface area contributed by atoms with Crippen LogP contribution < -0.4 is 14.7 Å². The van der Waals surface area contributed by atoms with Gasteiger partial charge in [-0.05, 0) is 34.7 Å². The summed E-state index contributed by atoms with van der Waals surface area (Å²) < 4.78 is 5.16. The van der Waals surface area contributed by atoms with Crippen LogP contribution >= 0.6 is 0 Å². The largest absolute Gasteiger partial charge is 0.872 e. The zero-order valence-electron chi connectivity index (χ0n) is 18.8. The van der Waals surface area contributed by atoms with E-state index in [1.165, 1.54) is 4.90 Å². The zero-order chi connectivity index (χ0) is 22.7. The maximum atomic E-state index is 13.4. The lowest BCUT2D eigenvalue weighted by Gasteiger charge is -2.28. The van der Waals surface area contributed by atoms with Gasteiger partial charge in [0.1, 0.15) is 5.75 Å². The molecule has 1 amide bonds. The van der Waals surface area contributed by atoms with Crippen LogP contribution in [0.4, 0.5) is 0 Å². The SMILES string of the molecule is COc1ccc(/C([O-])=C2\C(=O)C(=O)N(CC[NH+](C)C)C2c2ccc(C(C)C)cc2)cc1. The first-order valence-corrected chi connectivity index (χ1v) is 10.5. The number of rotatable bonds is 7. The maximum absolute atomic E-state index is 13.4. The second kappa shape index (κ2) is 9.35. The molecule has 0 aromatic heterocycles. The van der Waals surface area contributed by atoms with E-state index in [0.29, 0.717) is 30.3 Å². The highest BCUT2D eigenvalue weighted by Crippen LogP contribution is 2.38. The normalized spacial score (nSPS) is 18.3. The van der Waals surface area contributed by atoms with Gasteiger partial charge in [0.15, 0.2) is 0 Å². The standard InChI is InChI=1S/C25H30N2O4/c1-16(2)17-6-8-18(9-7-17)22-21(23(28)19-10-12-20(31-5)13-11-19)24(29)25(30)27(22)15-14-26(3)4/h6-13,16,22,28H,14-15H2,1-5H3/b23-21+. The predicted octanol–water partition coefficient (Wildman–Crippen LogP) is 1.19. The van der Waals surface area contributed by atoms with E-state index in [1.807, 2.05) is 38.4 Å². The summed E-state index contributed by atoms with van der Waals surface area (Å²) in [6, 6.07) is 13.7. The number of hydrogen-bond acceptors (Lipinski definition) is 4. The molecule has 6 nitrogen and oxygen atoms in total. The van der Waals surface area contributed by atoms with Crippen LogP contribution in [0.2, 0.25) is 0 Å². The highest BCUT2D eigenvalue weighted by atomic mass is 16.5. The van der Waals surface area contributed by atoms with Gasteiger partial charge in [-0.1, -0.05) is 56.0 Å². The maximum Gasteiger partial charge on any atom is 0.295 e. The van der Waals surface area contributed by atoms with Crippen molar-refractivity contribution in [1.82, 2.24) is 4.90 Å². The molecule has 31 heavy (non-hydrogen) atoms. The van der Waals surface area contributed by atoms with Gasteiger partial charge in [0, 0.05) is 5.57 Å². The lowest BCUT2D eigenvalue weighted by atomic mass is 9.93. The van der Waals surface area contributed by atoms with Gasteiger partial charge in [-0.15, -0.1) is 0 Å². The monoisotopic (exact) mass is 422 g/mol. The van der Waals surface area contributed by atoms with Crippen molar-refractivity contribution in [1.29, 1.82) is 0 Å². The molecule has 1 aliphatic rings. The van der Waals surface area contributed by atoms with Gasteiger partial charge in [0.2, 0.25) is 5.78 Å². The molecule has 2 aromatic rings. The van der Waals surface area contributed by atoms with Gasteiger partial charge < -0.3 is 19.6 Å². The molecule has 1 unspecified atom stereocenters. The minimum Gasteiger partial charge on any atom is -0.872 e. The van der Waals surface area contributed by atoms with Crippen molar-refractivity contribution in [3.05, 3.63) is 70.8 Å². The number of hydrogen-bond donors (Lipinski definition) is 1. The third-order valence-electron chi connectivity index (χ3n) is 5.65. The first kappa shape index (κ1) is 22.6. The Bertz CT molecular complexity index is 976. The first-order chi connectivity index (χ1) is 14.7. The fraction of sp³-hybridized carbons (Fsp3) is 0.360. The molecule has 0 saturated carbocycles. The van der Waals surface area contributed by atoms with Gasteiger partial charge in [0.05, 0.1) is 40.3 Å². The Labute approximate surface area is 183 Å². The van der Waals surface area contributed by atoms with Crippen LogP contribution in [0, 0.1) is 0 Å². The molecule has 0 radical (unpaired) electrons. The summed E-state index contributed by atoms with van der Waals surface area (Å²) in [4.78, 5) is 28.6. The number of likely N-dealkylation sites (tertiary alicyclic amines) is 1.